The molecule has 86 valence electrons. The molecule has 5 heteroatoms. The fourth-order valence-electron chi connectivity index (χ4n) is 2.00. The van der Waals surface area contributed by atoms with Gasteiger partial charge in [-0.3, -0.25) is 4.40 Å². The molecule has 0 spiro atoms. The van der Waals surface area contributed by atoms with Gasteiger partial charge in [0.15, 0.2) is 5.65 Å². The molecule has 0 aliphatic heterocycles. The van der Waals surface area contributed by atoms with E-state index in [9.17, 15) is 0 Å². The molecule has 0 unspecified atom stereocenters. The van der Waals surface area contributed by atoms with Crippen molar-refractivity contribution in [2.75, 3.05) is 0 Å². The summed E-state index contributed by atoms with van der Waals surface area (Å²) >= 11 is 5.89. The standard InChI is InChI=1S/C11H15ClN4/c1-4-8(5-2)11-15-14-10-6-9(12)13-7(3)16(10)11/h6,8H,4-5H2,1-3H3. The maximum Gasteiger partial charge on any atom is 0.165 e. The normalized spacial score (nSPS) is 11.6. The van der Waals surface area contributed by atoms with Crippen LogP contribution in [0.5, 0.6) is 0 Å². The third kappa shape index (κ3) is 1.78. The van der Waals surface area contributed by atoms with Gasteiger partial charge in [-0.2, -0.15) is 0 Å². The van der Waals surface area contributed by atoms with Crippen molar-refractivity contribution in [1.82, 2.24) is 19.6 Å². The fraction of sp³-hybridized carbons (Fsp3) is 0.545. The molecule has 2 heterocycles. The van der Waals surface area contributed by atoms with Gasteiger partial charge in [0, 0.05) is 12.0 Å². The molecule has 0 saturated carbocycles. The molecule has 2 aromatic heterocycles. The zero-order valence-electron chi connectivity index (χ0n) is 9.74. The van der Waals surface area contributed by atoms with Gasteiger partial charge in [0.2, 0.25) is 0 Å². The summed E-state index contributed by atoms with van der Waals surface area (Å²) in [5.41, 5.74) is 0.777. The van der Waals surface area contributed by atoms with Crippen molar-refractivity contribution in [2.45, 2.75) is 39.5 Å². The van der Waals surface area contributed by atoms with Crippen LogP contribution in [-0.2, 0) is 0 Å². The molecule has 0 aromatic carbocycles. The Balaban J connectivity index is 2.64. The molecule has 0 aliphatic carbocycles. The zero-order chi connectivity index (χ0) is 11.7. The minimum Gasteiger partial charge on any atom is -0.266 e. The second-order valence-corrected chi connectivity index (χ2v) is 4.28. The Kier molecular flexibility index (Phi) is 3.10. The van der Waals surface area contributed by atoms with Crippen LogP contribution in [0, 0.1) is 6.92 Å². The highest BCUT2D eigenvalue weighted by molar-refractivity contribution is 6.29. The number of rotatable bonds is 3. The van der Waals surface area contributed by atoms with E-state index >= 15 is 0 Å². The minimum atomic E-state index is 0.427. The van der Waals surface area contributed by atoms with Crippen LogP contribution in [0.4, 0.5) is 0 Å². The topological polar surface area (TPSA) is 43.1 Å². The molecular formula is C11H15ClN4. The van der Waals surface area contributed by atoms with Gasteiger partial charge in [-0.1, -0.05) is 25.4 Å². The number of halogens is 1. The first kappa shape index (κ1) is 11.3. The molecular weight excluding hydrogens is 224 g/mol. The van der Waals surface area contributed by atoms with Crippen molar-refractivity contribution >= 4 is 17.2 Å². The van der Waals surface area contributed by atoms with E-state index in [0.717, 1.165) is 30.1 Å². The first-order valence-corrected chi connectivity index (χ1v) is 5.93. The largest absolute Gasteiger partial charge is 0.266 e. The number of nitrogens with zero attached hydrogens (tertiary/aromatic N) is 4. The lowest BCUT2D eigenvalue weighted by molar-refractivity contribution is 0.591. The number of aryl methyl sites for hydroxylation is 1. The van der Waals surface area contributed by atoms with Gasteiger partial charge in [-0.05, 0) is 19.8 Å². The lowest BCUT2D eigenvalue weighted by Crippen LogP contribution is -2.06. The van der Waals surface area contributed by atoms with Gasteiger partial charge in [0.1, 0.15) is 16.8 Å². The van der Waals surface area contributed by atoms with Crippen molar-refractivity contribution in [3.05, 3.63) is 22.9 Å². The van der Waals surface area contributed by atoms with Crippen LogP contribution >= 0.6 is 11.6 Å². The van der Waals surface area contributed by atoms with Crippen LogP contribution in [0.25, 0.3) is 5.65 Å². The van der Waals surface area contributed by atoms with Crippen LogP contribution in [-0.4, -0.2) is 19.6 Å². The maximum atomic E-state index is 5.89. The first-order valence-electron chi connectivity index (χ1n) is 5.55. The zero-order valence-corrected chi connectivity index (χ0v) is 10.5. The second-order valence-electron chi connectivity index (χ2n) is 3.89. The molecule has 2 aromatic rings. The lowest BCUT2D eigenvalue weighted by Gasteiger charge is -2.11. The third-order valence-electron chi connectivity index (χ3n) is 2.90. The summed E-state index contributed by atoms with van der Waals surface area (Å²) in [5, 5.41) is 8.87. The molecule has 0 radical (unpaired) electrons. The van der Waals surface area contributed by atoms with Gasteiger partial charge in [0.25, 0.3) is 0 Å². The number of aromatic nitrogens is 4. The first-order chi connectivity index (χ1) is 7.67. The molecule has 0 N–H and O–H groups in total. The Morgan fingerprint density at radius 3 is 2.62 bits per heavy atom. The SMILES string of the molecule is CCC(CC)c1nnc2cc(Cl)nc(C)n12. The van der Waals surface area contributed by atoms with E-state index in [-0.39, 0.29) is 0 Å². The molecule has 0 aliphatic rings. The second kappa shape index (κ2) is 4.37. The van der Waals surface area contributed by atoms with E-state index in [2.05, 4.69) is 29.0 Å². The van der Waals surface area contributed by atoms with Gasteiger partial charge >= 0.3 is 0 Å². The molecule has 0 amide bonds. The third-order valence-corrected chi connectivity index (χ3v) is 3.10. The van der Waals surface area contributed by atoms with Crippen LogP contribution in [0.2, 0.25) is 5.15 Å². The van der Waals surface area contributed by atoms with Crippen LogP contribution in [0.1, 0.15) is 44.3 Å². The predicted octanol–water partition coefficient (Wildman–Crippen LogP) is 2.99. The molecule has 0 saturated heterocycles. The molecule has 0 bridgehead atoms. The van der Waals surface area contributed by atoms with E-state index in [1.165, 1.54) is 0 Å². The van der Waals surface area contributed by atoms with E-state index in [1.54, 1.807) is 6.07 Å². The molecule has 0 fully saturated rings. The molecule has 16 heavy (non-hydrogen) atoms. The maximum absolute atomic E-state index is 5.89. The van der Waals surface area contributed by atoms with E-state index < -0.39 is 0 Å². The Bertz CT molecular complexity index is 502. The summed E-state index contributed by atoms with van der Waals surface area (Å²) in [4.78, 5) is 4.23. The van der Waals surface area contributed by atoms with Crippen molar-refractivity contribution in [1.29, 1.82) is 0 Å². The Labute approximate surface area is 99.7 Å². The monoisotopic (exact) mass is 238 g/mol. The van der Waals surface area contributed by atoms with E-state index in [0.29, 0.717) is 11.1 Å². The molecule has 4 nitrogen and oxygen atoms in total. The minimum absolute atomic E-state index is 0.427. The highest BCUT2D eigenvalue weighted by Crippen LogP contribution is 2.23. The van der Waals surface area contributed by atoms with Gasteiger partial charge in [-0.15, -0.1) is 10.2 Å². The van der Waals surface area contributed by atoms with Crippen molar-refractivity contribution in [2.24, 2.45) is 0 Å². The van der Waals surface area contributed by atoms with Crippen LogP contribution < -0.4 is 0 Å². The van der Waals surface area contributed by atoms with E-state index in [1.807, 2.05) is 11.3 Å². The van der Waals surface area contributed by atoms with Crippen molar-refractivity contribution < 1.29 is 0 Å². The lowest BCUT2D eigenvalue weighted by atomic mass is 10.0. The van der Waals surface area contributed by atoms with Crippen LogP contribution in [0.15, 0.2) is 6.07 Å². The smallest absolute Gasteiger partial charge is 0.165 e. The summed E-state index contributed by atoms with van der Waals surface area (Å²) in [6.45, 7) is 6.25. The van der Waals surface area contributed by atoms with Gasteiger partial charge in [0.05, 0.1) is 0 Å². The summed E-state index contributed by atoms with van der Waals surface area (Å²) < 4.78 is 1.99. The average Bonchev–Trinajstić information content (AvgIpc) is 2.64. The summed E-state index contributed by atoms with van der Waals surface area (Å²) in [6.07, 6.45) is 2.11. The highest BCUT2D eigenvalue weighted by atomic mass is 35.5. The number of fused-ring (bicyclic) bond motifs is 1. The quantitative estimate of drug-likeness (QED) is 0.772. The average molecular weight is 239 g/mol. The summed E-state index contributed by atoms with van der Waals surface area (Å²) in [6, 6.07) is 1.74. The summed E-state index contributed by atoms with van der Waals surface area (Å²) in [7, 11) is 0. The van der Waals surface area contributed by atoms with E-state index in [4.69, 9.17) is 11.6 Å². The molecule has 0 atom stereocenters. The Morgan fingerprint density at radius 1 is 1.31 bits per heavy atom. The van der Waals surface area contributed by atoms with Crippen molar-refractivity contribution in [3.8, 4) is 0 Å². The van der Waals surface area contributed by atoms with Gasteiger partial charge < -0.3 is 0 Å². The van der Waals surface area contributed by atoms with Gasteiger partial charge in [-0.25, -0.2) is 4.98 Å². The Morgan fingerprint density at radius 2 is 2.00 bits per heavy atom. The molecule has 2 rings (SSSR count). The Hall–Kier alpha value is -1.16. The predicted molar refractivity (Wildman–Crippen MR) is 63.9 cm³/mol. The van der Waals surface area contributed by atoms with Crippen LogP contribution in [0.3, 0.4) is 0 Å². The van der Waals surface area contributed by atoms with Crippen molar-refractivity contribution in [3.63, 3.8) is 0 Å². The highest BCUT2D eigenvalue weighted by Gasteiger charge is 2.16. The summed E-state index contributed by atoms with van der Waals surface area (Å²) in [5.74, 6) is 2.26. The number of hydrogen-bond acceptors (Lipinski definition) is 3. The number of hydrogen-bond donors (Lipinski definition) is 0. The fourth-order valence-corrected chi connectivity index (χ4v) is 2.22.